The first kappa shape index (κ1) is 23.9. The van der Waals surface area contributed by atoms with Gasteiger partial charge in [0.25, 0.3) is 0 Å². The molecule has 0 radical (unpaired) electrons. The van der Waals surface area contributed by atoms with Crippen LogP contribution in [-0.2, 0) is 0 Å². The van der Waals surface area contributed by atoms with Crippen LogP contribution in [0, 0.1) is 0 Å². The van der Waals surface area contributed by atoms with Crippen molar-refractivity contribution >= 4 is 26.7 Å². The summed E-state index contributed by atoms with van der Waals surface area (Å²) in [6, 6.07) is 10.3. The summed E-state index contributed by atoms with van der Waals surface area (Å²) < 4.78 is 17.6. The quantitative estimate of drug-likeness (QED) is 0.186. The van der Waals surface area contributed by atoms with Crippen LogP contribution in [0.4, 0.5) is 0 Å². The molecule has 2 aromatic carbocycles. The Bertz CT molecular complexity index is 702. The number of rotatable bonds is 16. The maximum atomic E-state index is 6.03. The van der Waals surface area contributed by atoms with Gasteiger partial charge in [0.05, 0.1) is 20.3 Å². The highest BCUT2D eigenvalue weighted by atomic mass is 79.9. The van der Waals surface area contributed by atoms with E-state index in [1.54, 1.807) is 7.11 Å². The van der Waals surface area contributed by atoms with Gasteiger partial charge in [0, 0.05) is 10.7 Å². The average molecular weight is 465 g/mol. The van der Waals surface area contributed by atoms with Crippen LogP contribution < -0.4 is 14.2 Å². The van der Waals surface area contributed by atoms with E-state index in [-0.39, 0.29) is 0 Å². The molecule has 0 saturated carbocycles. The van der Waals surface area contributed by atoms with Gasteiger partial charge in [0.2, 0.25) is 0 Å². The van der Waals surface area contributed by atoms with Gasteiger partial charge in [-0.25, -0.2) is 0 Å². The van der Waals surface area contributed by atoms with Gasteiger partial charge in [0.15, 0.2) is 11.5 Å². The maximum absolute atomic E-state index is 6.03. The summed E-state index contributed by atoms with van der Waals surface area (Å²) in [5.41, 5.74) is 0. The number of unbranched alkanes of at least 4 members (excludes halogenated alkanes) is 8. The number of hydrogen-bond acceptors (Lipinski definition) is 3. The molecule has 0 bridgehead atoms. The average Bonchev–Trinajstić information content (AvgIpc) is 2.75. The molecule has 0 fully saturated rings. The molecule has 2 rings (SSSR count). The van der Waals surface area contributed by atoms with Crippen molar-refractivity contribution in [2.75, 3.05) is 25.7 Å². The van der Waals surface area contributed by atoms with E-state index in [9.17, 15) is 0 Å². The lowest BCUT2D eigenvalue weighted by Crippen LogP contribution is -2.00. The standard InChI is InChI=1S/C25H37BrO3/c1-3-4-5-11-18-28-22-14-15-23-21(20-22)13-16-24(25(23)27-2)29-19-12-9-7-6-8-10-17-26/h13-16,20H,3-12,17-19H2,1-2H3. The molecule has 0 spiro atoms. The van der Waals surface area contributed by atoms with Gasteiger partial charge in [-0.15, -0.1) is 0 Å². The van der Waals surface area contributed by atoms with E-state index in [1.807, 2.05) is 12.1 Å². The fourth-order valence-corrected chi connectivity index (χ4v) is 3.87. The van der Waals surface area contributed by atoms with Crippen LogP contribution >= 0.6 is 15.9 Å². The summed E-state index contributed by atoms with van der Waals surface area (Å²) in [5, 5.41) is 3.30. The molecular weight excluding hydrogens is 428 g/mol. The second kappa shape index (κ2) is 14.5. The molecule has 0 unspecified atom stereocenters. The van der Waals surface area contributed by atoms with Gasteiger partial charge in [-0.05, 0) is 48.9 Å². The number of methoxy groups -OCH3 is 1. The lowest BCUT2D eigenvalue weighted by Gasteiger charge is -2.14. The summed E-state index contributed by atoms with van der Waals surface area (Å²) >= 11 is 3.48. The summed E-state index contributed by atoms with van der Waals surface area (Å²) in [4.78, 5) is 0. The molecule has 0 aliphatic heterocycles. The second-order valence-corrected chi connectivity index (χ2v) is 8.34. The van der Waals surface area contributed by atoms with Gasteiger partial charge in [-0.3, -0.25) is 0 Å². The molecule has 0 amide bonds. The lowest BCUT2D eigenvalue weighted by atomic mass is 10.1. The summed E-state index contributed by atoms with van der Waals surface area (Å²) in [5.74, 6) is 2.56. The number of fused-ring (bicyclic) bond motifs is 1. The van der Waals surface area contributed by atoms with Crippen molar-refractivity contribution in [3.05, 3.63) is 30.3 Å². The first-order valence-electron chi connectivity index (χ1n) is 11.2. The van der Waals surface area contributed by atoms with E-state index >= 15 is 0 Å². The highest BCUT2D eigenvalue weighted by Gasteiger charge is 2.10. The van der Waals surface area contributed by atoms with Crippen molar-refractivity contribution in [2.24, 2.45) is 0 Å². The van der Waals surface area contributed by atoms with Crippen LogP contribution in [0.1, 0.15) is 71.1 Å². The van der Waals surface area contributed by atoms with Crippen LogP contribution in [0.2, 0.25) is 0 Å². The molecule has 0 aromatic heterocycles. The molecule has 0 aliphatic rings. The highest BCUT2D eigenvalue weighted by molar-refractivity contribution is 9.09. The minimum absolute atomic E-state index is 0.735. The first-order valence-corrected chi connectivity index (χ1v) is 12.3. The zero-order valence-electron chi connectivity index (χ0n) is 18.2. The van der Waals surface area contributed by atoms with Crippen LogP contribution in [-0.4, -0.2) is 25.7 Å². The normalized spacial score (nSPS) is 11.0. The third-order valence-corrected chi connectivity index (χ3v) is 5.72. The minimum atomic E-state index is 0.735. The van der Waals surface area contributed by atoms with Gasteiger partial charge in [-0.2, -0.15) is 0 Å². The van der Waals surface area contributed by atoms with Crippen molar-refractivity contribution in [2.45, 2.75) is 71.1 Å². The molecule has 4 heteroatoms. The maximum Gasteiger partial charge on any atom is 0.168 e. The first-order chi connectivity index (χ1) is 14.3. The monoisotopic (exact) mass is 464 g/mol. The van der Waals surface area contributed by atoms with E-state index < -0.39 is 0 Å². The summed E-state index contributed by atoms with van der Waals surface area (Å²) in [7, 11) is 1.71. The number of benzene rings is 2. The molecule has 0 atom stereocenters. The van der Waals surface area contributed by atoms with Gasteiger partial charge >= 0.3 is 0 Å². The van der Waals surface area contributed by atoms with Gasteiger partial charge in [-0.1, -0.05) is 73.9 Å². The Morgan fingerprint density at radius 3 is 2.17 bits per heavy atom. The molecule has 162 valence electrons. The zero-order valence-corrected chi connectivity index (χ0v) is 19.8. The van der Waals surface area contributed by atoms with E-state index in [0.29, 0.717) is 0 Å². The Balaban J connectivity index is 1.86. The predicted molar refractivity (Wildman–Crippen MR) is 127 cm³/mol. The largest absolute Gasteiger partial charge is 0.494 e. The number of alkyl halides is 1. The SMILES string of the molecule is CCCCCCOc1ccc2c(OC)c(OCCCCCCCCBr)ccc2c1. The third-order valence-electron chi connectivity index (χ3n) is 5.16. The minimum Gasteiger partial charge on any atom is -0.494 e. The molecule has 29 heavy (non-hydrogen) atoms. The molecule has 0 N–H and O–H groups in total. The van der Waals surface area contributed by atoms with E-state index in [2.05, 4.69) is 41.1 Å². The Morgan fingerprint density at radius 2 is 1.45 bits per heavy atom. The molecule has 0 aliphatic carbocycles. The van der Waals surface area contributed by atoms with Gasteiger partial charge in [0.1, 0.15) is 5.75 Å². The van der Waals surface area contributed by atoms with Crippen molar-refractivity contribution < 1.29 is 14.2 Å². The molecular formula is C25H37BrO3. The summed E-state index contributed by atoms with van der Waals surface area (Å²) in [6.07, 6.45) is 12.4. The van der Waals surface area contributed by atoms with Crippen molar-refractivity contribution in [3.63, 3.8) is 0 Å². The fourth-order valence-electron chi connectivity index (χ4n) is 3.48. The topological polar surface area (TPSA) is 27.7 Å². The lowest BCUT2D eigenvalue weighted by molar-refractivity contribution is 0.286. The van der Waals surface area contributed by atoms with Crippen molar-refractivity contribution in [1.82, 2.24) is 0 Å². The summed E-state index contributed by atoms with van der Waals surface area (Å²) in [6.45, 7) is 3.74. The fraction of sp³-hybridized carbons (Fsp3) is 0.600. The second-order valence-electron chi connectivity index (χ2n) is 7.55. The van der Waals surface area contributed by atoms with E-state index in [0.717, 1.165) is 59.4 Å². The molecule has 0 heterocycles. The zero-order chi connectivity index (χ0) is 20.7. The highest BCUT2D eigenvalue weighted by Crippen LogP contribution is 2.37. The number of ether oxygens (including phenoxy) is 3. The van der Waals surface area contributed by atoms with E-state index in [1.165, 1.54) is 51.4 Å². The smallest absolute Gasteiger partial charge is 0.168 e. The number of hydrogen-bond donors (Lipinski definition) is 0. The van der Waals surface area contributed by atoms with Crippen molar-refractivity contribution in [3.8, 4) is 17.2 Å². The van der Waals surface area contributed by atoms with Gasteiger partial charge < -0.3 is 14.2 Å². The van der Waals surface area contributed by atoms with Crippen LogP contribution in [0.25, 0.3) is 10.8 Å². The number of halogens is 1. The molecule has 0 saturated heterocycles. The Kier molecular flexibility index (Phi) is 12.0. The third kappa shape index (κ3) is 8.46. The Labute approximate surface area is 185 Å². The predicted octanol–water partition coefficient (Wildman–Crippen LogP) is 7.92. The van der Waals surface area contributed by atoms with Crippen LogP contribution in [0.3, 0.4) is 0 Å². The molecule has 2 aromatic rings. The van der Waals surface area contributed by atoms with Crippen LogP contribution in [0.15, 0.2) is 30.3 Å². The van der Waals surface area contributed by atoms with Crippen molar-refractivity contribution in [1.29, 1.82) is 0 Å². The molecule has 3 nitrogen and oxygen atoms in total. The van der Waals surface area contributed by atoms with E-state index in [4.69, 9.17) is 14.2 Å². The Morgan fingerprint density at radius 1 is 0.759 bits per heavy atom. The van der Waals surface area contributed by atoms with Crippen LogP contribution in [0.5, 0.6) is 17.2 Å². The Hall–Kier alpha value is -1.42.